The van der Waals surface area contributed by atoms with Crippen molar-refractivity contribution in [3.63, 3.8) is 0 Å². The Hall–Kier alpha value is -4.06. The number of amides is 2. The lowest BCUT2D eigenvalue weighted by atomic mass is 9.97. The van der Waals surface area contributed by atoms with Crippen LogP contribution in [-0.2, 0) is 9.59 Å². The van der Waals surface area contributed by atoms with Crippen LogP contribution < -0.4 is 19.7 Å². The zero-order valence-corrected chi connectivity index (χ0v) is 18.4. The molecule has 0 atom stereocenters. The molecule has 0 unspecified atom stereocenters. The highest BCUT2D eigenvalue weighted by Gasteiger charge is 2.40. The lowest BCUT2D eigenvalue weighted by Crippen LogP contribution is -2.32. The maximum atomic E-state index is 13.6. The van der Waals surface area contributed by atoms with Gasteiger partial charge in [-0.25, -0.2) is 4.90 Å². The molecular formula is C26H24N2O4. The number of ether oxygens (including phenoxy) is 2. The molecule has 2 amide bonds. The molecule has 1 N–H and O–H groups in total. The van der Waals surface area contributed by atoms with Gasteiger partial charge in [-0.05, 0) is 61.4 Å². The van der Waals surface area contributed by atoms with E-state index in [4.69, 9.17) is 9.47 Å². The summed E-state index contributed by atoms with van der Waals surface area (Å²) >= 11 is 0. The number of aryl methyl sites for hydroxylation is 2. The van der Waals surface area contributed by atoms with Crippen molar-refractivity contribution >= 4 is 28.8 Å². The second-order valence-electron chi connectivity index (χ2n) is 7.57. The van der Waals surface area contributed by atoms with Gasteiger partial charge in [0.05, 0.1) is 25.5 Å². The lowest BCUT2D eigenvalue weighted by Gasteiger charge is -2.16. The van der Waals surface area contributed by atoms with Crippen molar-refractivity contribution in [2.24, 2.45) is 0 Å². The molecule has 32 heavy (non-hydrogen) atoms. The van der Waals surface area contributed by atoms with Gasteiger partial charge in [-0.3, -0.25) is 9.59 Å². The second kappa shape index (κ2) is 8.59. The molecule has 3 aromatic carbocycles. The summed E-state index contributed by atoms with van der Waals surface area (Å²) in [4.78, 5) is 28.3. The van der Waals surface area contributed by atoms with E-state index in [0.717, 1.165) is 16.7 Å². The molecule has 0 saturated heterocycles. The largest absolute Gasteiger partial charge is 0.497 e. The number of carbonyl (C=O) groups excluding carboxylic acids is 2. The third-order valence-electron chi connectivity index (χ3n) is 5.40. The van der Waals surface area contributed by atoms with Crippen LogP contribution in [0.3, 0.4) is 0 Å². The molecule has 0 spiro atoms. The number of nitrogens with zero attached hydrogens (tertiary/aromatic N) is 1. The van der Waals surface area contributed by atoms with E-state index in [2.05, 4.69) is 5.32 Å². The fraction of sp³-hybridized carbons (Fsp3) is 0.154. The predicted octanol–water partition coefficient (Wildman–Crippen LogP) is 4.72. The third-order valence-corrected chi connectivity index (χ3v) is 5.40. The van der Waals surface area contributed by atoms with E-state index in [9.17, 15) is 9.59 Å². The summed E-state index contributed by atoms with van der Waals surface area (Å²) in [5.74, 6) is 0.494. The molecule has 1 aliphatic rings. The molecule has 0 aromatic heterocycles. The topological polar surface area (TPSA) is 67.9 Å². The average molecular weight is 428 g/mol. The Bertz CT molecular complexity index is 1230. The van der Waals surface area contributed by atoms with Gasteiger partial charge in [-0.1, -0.05) is 29.8 Å². The van der Waals surface area contributed by atoms with E-state index in [1.807, 2.05) is 50.2 Å². The molecule has 0 fully saturated rings. The normalized spacial score (nSPS) is 13.6. The van der Waals surface area contributed by atoms with Gasteiger partial charge in [-0.2, -0.15) is 0 Å². The first-order valence-electron chi connectivity index (χ1n) is 10.2. The van der Waals surface area contributed by atoms with Crippen LogP contribution in [0.15, 0.2) is 72.4 Å². The summed E-state index contributed by atoms with van der Waals surface area (Å²) in [5, 5.41) is 3.17. The highest BCUT2D eigenvalue weighted by atomic mass is 16.5. The van der Waals surface area contributed by atoms with Crippen LogP contribution in [0.1, 0.15) is 16.7 Å². The summed E-state index contributed by atoms with van der Waals surface area (Å²) in [6.45, 7) is 3.93. The Kier molecular flexibility index (Phi) is 5.69. The highest BCUT2D eigenvalue weighted by molar-refractivity contribution is 6.46. The molecule has 6 heteroatoms. The molecule has 1 aliphatic heterocycles. The summed E-state index contributed by atoms with van der Waals surface area (Å²) in [5.41, 5.74) is 4.41. The van der Waals surface area contributed by atoms with E-state index < -0.39 is 5.91 Å². The van der Waals surface area contributed by atoms with Crippen molar-refractivity contribution < 1.29 is 19.1 Å². The Balaban J connectivity index is 1.83. The number of rotatable bonds is 6. The van der Waals surface area contributed by atoms with Crippen molar-refractivity contribution in [1.29, 1.82) is 0 Å². The molecule has 0 radical (unpaired) electrons. The second-order valence-corrected chi connectivity index (χ2v) is 7.57. The maximum Gasteiger partial charge on any atom is 0.282 e. The fourth-order valence-electron chi connectivity index (χ4n) is 3.80. The third kappa shape index (κ3) is 3.83. The minimum Gasteiger partial charge on any atom is -0.497 e. The Morgan fingerprint density at radius 2 is 1.50 bits per heavy atom. The van der Waals surface area contributed by atoms with Crippen LogP contribution in [0.2, 0.25) is 0 Å². The smallest absolute Gasteiger partial charge is 0.282 e. The SMILES string of the molecule is COc1ccc(N2C(=O)C(Nc3cccc(OC)c3)=C(c3ccc(C)cc3C)C2=O)cc1. The number of carbonyl (C=O) groups is 2. The van der Waals surface area contributed by atoms with Crippen LogP contribution in [0, 0.1) is 13.8 Å². The molecule has 1 heterocycles. The quantitative estimate of drug-likeness (QED) is 0.576. The minimum absolute atomic E-state index is 0.228. The van der Waals surface area contributed by atoms with Crippen molar-refractivity contribution in [1.82, 2.24) is 0 Å². The summed E-state index contributed by atoms with van der Waals surface area (Å²) in [7, 11) is 3.15. The Morgan fingerprint density at radius 1 is 0.781 bits per heavy atom. The van der Waals surface area contributed by atoms with E-state index >= 15 is 0 Å². The average Bonchev–Trinajstić information content (AvgIpc) is 3.03. The standard InChI is InChI=1S/C26H24N2O4/c1-16-8-13-22(17(2)14-16)23-24(27-18-6-5-7-21(15-18)32-4)26(30)28(25(23)29)19-9-11-20(31-3)12-10-19/h5-15,27H,1-4H3. The Morgan fingerprint density at radius 3 is 2.16 bits per heavy atom. The predicted molar refractivity (Wildman–Crippen MR) is 125 cm³/mol. The zero-order valence-electron chi connectivity index (χ0n) is 18.4. The first kappa shape index (κ1) is 21.2. The first-order chi connectivity index (χ1) is 15.4. The van der Waals surface area contributed by atoms with Crippen molar-refractivity contribution in [2.75, 3.05) is 24.4 Å². The molecular weight excluding hydrogens is 404 g/mol. The lowest BCUT2D eigenvalue weighted by molar-refractivity contribution is -0.120. The molecule has 0 bridgehead atoms. The fourth-order valence-corrected chi connectivity index (χ4v) is 3.80. The van der Waals surface area contributed by atoms with Crippen LogP contribution in [0.25, 0.3) is 5.57 Å². The van der Waals surface area contributed by atoms with E-state index in [0.29, 0.717) is 28.4 Å². The summed E-state index contributed by atoms with van der Waals surface area (Å²) in [6.07, 6.45) is 0. The van der Waals surface area contributed by atoms with Gasteiger partial charge in [0.2, 0.25) is 0 Å². The van der Waals surface area contributed by atoms with Gasteiger partial charge in [0.15, 0.2) is 0 Å². The molecule has 3 aromatic rings. The number of anilines is 2. The molecule has 162 valence electrons. The van der Waals surface area contributed by atoms with Gasteiger partial charge in [0.25, 0.3) is 11.8 Å². The minimum atomic E-state index is -0.419. The highest BCUT2D eigenvalue weighted by Crippen LogP contribution is 2.36. The van der Waals surface area contributed by atoms with Crippen LogP contribution >= 0.6 is 0 Å². The van der Waals surface area contributed by atoms with Gasteiger partial charge >= 0.3 is 0 Å². The number of benzene rings is 3. The van der Waals surface area contributed by atoms with Gasteiger partial charge in [-0.15, -0.1) is 0 Å². The van der Waals surface area contributed by atoms with Crippen molar-refractivity contribution in [3.8, 4) is 11.5 Å². The van der Waals surface area contributed by atoms with Gasteiger partial charge in [0, 0.05) is 11.8 Å². The van der Waals surface area contributed by atoms with Crippen LogP contribution in [0.4, 0.5) is 11.4 Å². The zero-order chi connectivity index (χ0) is 22.8. The Labute approximate surface area is 187 Å². The number of nitrogens with one attached hydrogen (secondary N) is 1. The van der Waals surface area contributed by atoms with Crippen molar-refractivity contribution in [2.45, 2.75) is 13.8 Å². The van der Waals surface area contributed by atoms with E-state index in [-0.39, 0.29) is 11.6 Å². The number of hydrogen-bond donors (Lipinski definition) is 1. The van der Waals surface area contributed by atoms with Crippen LogP contribution in [-0.4, -0.2) is 26.0 Å². The van der Waals surface area contributed by atoms with Gasteiger partial charge in [0.1, 0.15) is 17.2 Å². The number of hydrogen-bond acceptors (Lipinski definition) is 5. The van der Waals surface area contributed by atoms with E-state index in [1.54, 1.807) is 44.6 Å². The summed E-state index contributed by atoms with van der Waals surface area (Å²) in [6, 6.07) is 19.9. The monoisotopic (exact) mass is 428 g/mol. The summed E-state index contributed by atoms with van der Waals surface area (Å²) < 4.78 is 10.5. The van der Waals surface area contributed by atoms with Gasteiger partial charge < -0.3 is 14.8 Å². The number of imide groups is 1. The molecule has 0 aliphatic carbocycles. The maximum absolute atomic E-state index is 13.6. The van der Waals surface area contributed by atoms with Crippen LogP contribution in [0.5, 0.6) is 11.5 Å². The molecule has 0 saturated carbocycles. The molecule has 6 nitrogen and oxygen atoms in total. The number of methoxy groups -OCH3 is 2. The van der Waals surface area contributed by atoms with Crippen molar-refractivity contribution in [3.05, 3.63) is 89.1 Å². The molecule has 4 rings (SSSR count). The first-order valence-corrected chi connectivity index (χ1v) is 10.2. The van der Waals surface area contributed by atoms with E-state index in [1.165, 1.54) is 4.90 Å².